The van der Waals surface area contributed by atoms with E-state index in [-0.39, 0.29) is 33.8 Å². The molecule has 0 atom stereocenters. The van der Waals surface area contributed by atoms with Crippen LogP contribution in [0.15, 0.2) is 97.1 Å². The topological polar surface area (TPSA) is 80.9 Å². The predicted octanol–water partition coefficient (Wildman–Crippen LogP) is 10.4. The van der Waals surface area contributed by atoms with Gasteiger partial charge in [-0.25, -0.2) is 0 Å². The summed E-state index contributed by atoms with van der Waals surface area (Å²) in [5.74, 6) is 0.136. The highest BCUT2D eigenvalue weighted by atomic mass is 16.3. The van der Waals surface area contributed by atoms with Gasteiger partial charge in [-0.05, 0) is 55.6 Å². The number of rotatable bonds is 3. The molecule has 4 nitrogen and oxygen atoms in total. The quantitative estimate of drug-likeness (QED) is 0.167. The maximum atomic E-state index is 12.2. The zero-order valence-corrected chi connectivity index (χ0v) is 26.0. The minimum Gasteiger partial charge on any atom is -0.507 e. The van der Waals surface area contributed by atoms with Crippen LogP contribution in [0.25, 0.3) is 54.9 Å². The predicted molar refractivity (Wildman–Crippen MR) is 182 cm³/mol. The summed E-state index contributed by atoms with van der Waals surface area (Å²) in [4.78, 5) is 0. The monoisotopic (exact) mass is 582 g/mol. The molecule has 0 saturated carbocycles. The highest BCUT2D eigenvalue weighted by Crippen LogP contribution is 2.54. The second kappa shape index (κ2) is 10.3. The molecule has 0 aliphatic heterocycles. The first-order chi connectivity index (χ1) is 20.8. The average molecular weight is 583 g/mol. The van der Waals surface area contributed by atoms with Crippen LogP contribution < -0.4 is 0 Å². The zero-order valence-electron chi connectivity index (χ0n) is 26.0. The molecule has 0 spiro atoms. The van der Waals surface area contributed by atoms with Gasteiger partial charge in [0.25, 0.3) is 0 Å². The second-order valence-electron chi connectivity index (χ2n) is 13.6. The number of hydrogen-bond donors (Lipinski definition) is 4. The van der Waals surface area contributed by atoms with E-state index in [4.69, 9.17) is 0 Å². The van der Waals surface area contributed by atoms with Gasteiger partial charge in [0.15, 0.2) is 0 Å². The lowest BCUT2D eigenvalue weighted by Gasteiger charge is -2.24. The summed E-state index contributed by atoms with van der Waals surface area (Å²) in [5, 5.41) is 50.6. The van der Waals surface area contributed by atoms with Crippen LogP contribution in [0.1, 0.15) is 52.7 Å². The van der Waals surface area contributed by atoms with E-state index in [0.29, 0.717) is 33.4 Å². The van der Waals surface area contributed by atoms with Gasteiger partial charge in [-0.15, -0.1) is 0 Å². The number of phenolic OH excluding ortho intramolecular Hbond substituents is 4. The van der Waals surface area contributed by atoms with Crippen molar-refractivity contribution in [3.63, 3.8) is 0 Å². The van der Waals surface area contributed by atoms with Crippen LogP contribution in [0.2, 0.25) is 0 Å². The van der Waals surface area contributed by atoms with Crippen molar-refractivity contribution in [1.29, 1.82) is 0 Å². The molecule has 0 amide bonds. The fraction of sp³-hybridized carbons (Fsp3) is 0.200. The third kappa shape index (κ3) is 4.71. The summed E-state index contributed by atoms with van der Waals surface area (Å²) < 4.78 is 0. The Bertz CT molecular complexity index is 1920. The van der Waals surface area contributed by atoms with Gasteiger partial charge in [0, 0.05) is 33.4 Å². The average Bonchev–Trinajstić information content (AvgIpc) is 2.96. The smallest absolute Gasteiger partial charge is 0.132 e. The first-order valence-electron chi connectivity index (χ1n) is 14.9. The summed E-state index contributed by atoms with van der Waals surface area (Å²) >= 11 is 0. The Balaban J connectivity index is 1.74. The summed E-state index contributed by atoms with van der Waals surface area (Å²) in [7, 11) is 0. The molecule has 0 bridgehead atoms. The van der Waals surface area contributed by atoms with Crippen molar-refractivity contribution in [2.75, 3.05) is 0 Å². The summed E-state index contributed by atoms with van der Waals surface area (Å²) in [6.45, 7) is 12.2. The Hall–Kier alpha value is -4.96. The third-order valence-corrected chi connectivity index (χ3v) is 8.56. The summed E-state index contributed by atoms with van der Waals surface area (Å²) in [5.41, 5.74) is 3.78. The first kappa shape index (κ1) is 29.1. The van der Waals surface area contributed by atoms with Crippen LogP contribution in [-0.4, -0.2) is 20.4 Å². The van der Waals surface area contributed by atoms with Crippen LogP contribution in [0, 0.1) is 0 Å². The molecule has 6 aromatic carbocycles. The molecule has 0 aliphatic rings. The van der Waals surface area contributed by atoms with Gasteiger partial charge < -0.3 is 20.4 Å². The molecule has 0 fully saturated rings. The largest absolute Gasteiger partial charge is 0.507 e. The number of phenols is 4. The molecule has 0 aliphatic carbocycles. The Morgan fingerprint density at radius 3 is 1.11 bits per heavy atom. The number of hydrogen-bond acceptors (Lipinski definition) is 4. The molecule has 44 heavy (non-hydrogen) atoms. The molecule has 4 N–H and O–H groups in total. The standard InChI is InChI=1S/C40H38O4/c1-39(2,3)31-19-11-17-27(35(31)41)29-21-23-13-7-9-15-25(23)33(37(29)43)34-26-16-10-8-14-24(26)22-30(38(34)44)28-18-12-20-32(36(28)42)40(4,5)6/h7-22,41-44H,1-6H3. The molecule has 0 saturated heterocycles. The molecule has 0 unspecified atom stereocenters. The van der Waals surface area contributed by atoms with Crippen molar-refractivity contribution >= 4 is 21.5 Å². The van der Waals surface area contributed by atoms with Gasteiger partial charge in [0.1, 0.15) is 23.0 Å². The van der Waals surface area contributed by atoms with Crippen LogP contribution in [0.4, 0.5) is 0 Å². The molecule has 6 aromatic rings. The van der Waals surface area contributed by atoms with Crippen LogP contribution in [0.5, 0.6) is 23.0 Å². The zero-order chi connectivity index (χ0) is 31.6. The van der Waals surface area contributed by atoms with Gasteiger partial charge in [-0.1, -0.05) is 126 Å². The third-order valence-electron chi connectivity index (χ3n) is 8.56. The van der Waals surface area contributed by atoms with Crippen molar-refractivity contribution in [3.05, 3.63) is 108 Å². The minimum absolute atomic E-state index is 0.0460. The molecule has 4 heteroatoms. The summed E-state index contributed by atoms with van der Waals surface area (Å²) in [6, 6.07) is 30.4. The number of benzene rings is 6. The maximum absolute atomic E-state index is 12.2. The highest BCUT2D eigenvalue weighted by molar-refractivity contribution is 6.14. The molecule has 0 heterocycles. The highest BCUT2D eigenvalue weighted by Gasteiger charge is 2.27. The normalized spacial score (nSPS) is 12.2. The van der Waals surface area contributed by atoms with Crippen molar-refractivity contribution in [1.82, 2.24) is 0 Å². The van der Waals surface area contributed by atoms with Gasteiger partial charge >= 0.3 is 0 Å². The maximum Gasteiger partial charge on any atom is 0.132 e. The Morgan fingerprint density at radius 1 is 0.386 bits per heavy atom. The van der Waals surface area contributed by atoms with E-state index in [9.17, 15) is 20.4 Å². The molecular weight excluding hydrogens is 544 g/mol. The van der Waals surface area contributed by atoms with Crippen LogP contribution in [0.3, 0.4) is 0 Å². The van der Waals surface area contributed by atoms with E-state index in [2.05, 4.69) is 0 Å². The lowest BCUT2D eigenvalue weighted by molar-refractivity contribution is 0.446. The van der Waals surface area contributed by atoms with Crippen LogP contribution in [-0.2, 0) is 10.8 Å². The molecular formula is C40H38O4. The van der Waals surface area contributed by atoms with Gasteiger partial charge in [0.2, 0.25) is 0 Å². The minimum atomic E-state index is -0.318. The van der Waals surface area contributed by atoms with E-state index >= 15 is 0 Å². The number of para-hydroxylation sites is 2. The molecule has 0 radical (unpaired) electrons. The lowest BCUT2D eigenvalue weighted by atomic mass is 9.82. The van der Waals surface area contributed by atoms with Crippen molar-refractivity contribution in [3.8, 4) is 56.4 Å². The number of fused-ring (bicyclic) bond motifs is 2. The molecule has 222 valence electrons. The second-order valence-corrected chi connectivity index (χ2v) is 13.6. The number of aromatic hydroxyl groups is 4. The van der Waals surface area contributed by atoms with E-state index in [1.165, 1.54) is 0 Å². The van der Waals surface area contributed by atoms with Crippen molar-refractivity contribution in [2.45, 2.75) is 52.4 Å². The van der Waals surface area contributed by atoms with E-state index in [1.54, 1.807) is 0 Å². The Kier molecular flexibility index (Phi) is 6.85. The molecule has 0 aromatic heterocycles. The fourth-order valence-corrected chi connectivity index (χ4v) is 6.32. The Morgan fingerprint density at radius 2 is 0.750 bits per heavy atom. The van der Waals surface area contributed by atoms with Crippen LogP contribution >= 0.6 is 0 Å². The van der Waals surface area contributed by atoms with Gasteiger partial charge in [-0.3, -0.25) is 0 Å². The van der Waals surface area contributed by atoms with Crippen molar-refractivity contribution < 1.29 is 20.4 Å². The van der Waals surface area contributed by atoms with Gasteiger partial charge in [-0.2, -0.15) is 0 Å². The summed E-state index contributed by atoms with van der Waals surface area (Å²) in [6.07, 6.45) is 0. The fourth-order valence-electron chi connectivity index (χ4n) is 6.32. The van der Waals surface area contributed by atoms with Gasteiger partial charge in [0.05, 0.1) is 0 Å². The first-order valence-corrected chi connectivity index (χ1v) is 14.9. The van der Waals surface area contributed by atoms with Crippen molar-refractivity contribution in [2.24, 2.45) is 0 Å². The Labute approximate surface area is 258 Å². The van der Waals surface area contributed by atoms with E-state index < -0.39 is 0 Å². The lowest BCUT2D eigenvalue weighted by Crippen LogP contribution is -2.11. The van der Waals surface area contributed by atoms with E-state index in [0.717, 1.165) is 32.7 Å². The van der Waals surface area contributed by atoms with E-state index in [1.807, 2.05) is 139 Å². The molecule has 6 rings (SSSR count). The SMILES string of the molecule is CC(C)(C)c1cccc(-c2cc3ccccc3c(-c3c(O)c(-c4cccc(C(C)(C)C)c4O)cc4ccccc34)c2O)c1O.